The van der Waals surface area contributed by atoms with Gasteiger partial charge in [-0.1, -0.05) is 47.6 Å². The summed E-state index contributed by atoms with van der Waals surface area (Å²) < 4.78 is 7.22. The van der Waals surface area contributed by atoms with Crippen LogP contribution < -0.4 is 15.6 Å². The molecule has 7 nitrogen and oxygen atoms in total. The number of nitrogens with zero attached hydrogens (tertiary/aromatic N) is 3. The predicted octanol–water partition coefficient (Wildman–Crippen LogP) is 4.56. The summed E-state index contributed by atoms with van der Waals surface area (Å²) >= 11 is 6.99. The van der Waals surface area contributed by atoms with Crippen LogP contribution in [-0.2, 0) is 4.79 Å². The van der Waals surface area contributed by atoms with Gasteiger partial charge in [-0.25, -0.2) is 9.97 Å². The Labute approximate surface area is 193 Å². The van der Waals surface area contributed by atoms with Crippen LogP contribution in [0.15, 0.2) is 76.8 Å². The Morgan fingerprint density at radius 2 is 1.91 bits per heavy atom. The molecule has 0 aliphatic carbocycles. The van der Waals surface area contributed by atoms with Crippen molar-refractivity contribution in [1.29, 1.82) is 0 Å². The molecule has 162 valence electrons. The molecule has 0 fully saturated rings. The summed E-state index contributed by atoms with van der Waals surface area (Å²) in [6, 6.07) is 17.6. The summed E-state index contributed by atoms with van der Waals surface area (Å²) in [6.07, 6.45) is 1.46. The van der Waals surface area contributed by atoms with E-state index in [1.165, 1.54) is 10.8 Å². The molecule has 0 saturated carbocycles. The van der Waals surface area contributed by atoms with E-state index in [0.29, 0.717) is 44.9 Å². The fourth-order valence-electron chi connectivity index (χ4n) is 3.10. The number of nitrogens with one attached hydrogen (secondary N) is 1. The number of para-hydroxylation sites is 3. The van der Waals surface area contributed by atoms with E-state index in [-0.39, 0.29) is 17.2 Å². The largest absolute Gasteiger partial charge is 0.492 e. The smallest absolute Gasteiger partial charge is 0.266 e. The number of thioether (sulfide) groups is 1. The van der Waals surface area contributed by atoms with Crippen molar-refractivity contribution in [3.8, 4) is 11.4 Å². The number of ether oxygens (including phenoxy) is 1. The number of fused-ring (bicyclic) bond motifs is 1. The fourth-order valence-corrected chi connectivity index (χ4v) is 4.02. The average molecular weight is 467 g/mol. The lowest BCUT2D eigenvalue weighted by atomic mass is 10.2. The number of pyridine rings is 1. The molecule has 2 aromatic carbocycles. The Bertz CT molecular complexity index is 1330. The second-order valence-electron chi connectivity index (χ2n) is 6.65. The van der Waals surface area contributed by atoms with Crippen molar-refractivity contribution in [3.05, 3.63) is 82.2 Å². The van der Waals surface area contributed by atoms with Crippen LogP contribution in [0.25, 0.3) is 16.6 Å². The van der Waals surface area contributed by atoms with Gasteiger partial charge in [0, 0.05) is 6.20 Å². The van der Waals surface area contributed by atoms with Gasteiger partial charge in [0.25, 0.3) is 5.56 Å². The fraction of sp³-hybridized carbons (Fsp3) is 0.130. The van der Waals surface area contributed by atoms with Gasteiger partial charge in [-0.05, 0) is 43.3 Å². The Hall–Kier alpha value is -3.36. The molecule has 1 N–H and O–H groups in total. The van der Waals surface area contributed by atoms with Crippen LogP contribution in [0.3, 0.4) is 0 Å². The van der Waals surface area contributed by atoms with E-state index in [1.54, 1.807) is 42.5 Å². The molecule has 0 aliphatic rings. The maximum Gasteiger partial charge on any atom is 0.266 e. The standard InChI is InChI=1S/C23H19ClN4O3S/c1-2-31-19-10-6-5-9-18(19)28-22(30)16-7-3-4-8-17(16)26-23(28)32-14-21(29)27-20-12-11-15(24)13-25-20/h3-13H,2,14H2,1H3,(H,25,27,29). The maximum atomic E-state index is 13.4. The van der Waals surface area contributed by atoms with Gasteiger partial charge < -0.3 is 10.1 Å². The van der Waals surface area contributed by atoms with Gasteiger partial charge >= 0.3 is 0 Å². The Kier molecular flexibility index (Phi) is 6.72. The molecule has 0 bridgehead atoms. The highest BCUT2D eigenvalue weighted by Crippen LogP contribution is 2.27. The van der Waals surface area contributed by atoms with Gasteiger partial charge in [-0.15, -0.1) is 0 Å². The van der Waals surface area contributed by atoms with Crippen molar-refractivity contribution < 1.29 is 9.53 Å². The number of benzene rings is 2. The number of hydrogen-bond donors (Lipinski definition) is 1. The lowest BCUT2D eigenvalue weighted by Gasteiger charge is -2.16. The summed E-state index contributed by atoms with van der Waals surface area (Å²) in [7, 11) is 0. The summed E-state index contributed by atoms with van der Waals surface area (Å²) in [5.74, 6) is 0.708. The van der Waals surface area contributed by atoms with E-state index >= 15 is 0 Å². The summed E-state index contributed by atoms with van der Waals surface area (Å²) in [4.78, 5) is 34.6. The normalized spacial score (nSPS) is 10.8. The molecule has 4 aromatic rings. The molecular formula is C23H19ClN4O3S. The van der Waals surface area contributed by atoms with E-state index in [9.17, 15) is 9.59 Å². The predicted molar refractivity (Wildman–Crippen MR) is 127 cm³/mol. The first-order chi connectivity index (χ1) is 15.6. The minimum Gasteiger partial charge on any atom is -0.492 e. The van der Waals surface area contributed by atoms with Gasteiger partial charge in [0.2, 0.25) is 5.91 Å². The number of carbonyl (C=O) groups is 1. The van der Waals surface area contributed by atoms with Crippen molar-refractivity contribution in [1.82, 2.24) is 14.5 Å². The Morgan fingerprint density at radius 1 is 1.12 bits per heavy atom. The highest BCUT2D eigenvalue weighted by atomic mass is 35.5. The van der Waals surface area contributed by atoms with Crippen LogP contribution in [0.4, 0.5) is 5.82 Å². The van der Waals surface area contributed by atoms with E-state index < -0.39 is 0 Å². The SMILES string of the molecule is CCOc1ccccc1-n1c(SCC(=O)Nc2ccc(Cl)cn2)nc2ccccc2c1=O. The molecule has 0 unspecified atom stereocenters. The molecule has 0 spiro atoms. The summed E-state index contributed by atoms with van der Waals surface area (Å²) in [5.41, 5.74) is 0.898. The van der Waals surface area contributed by atoms with Crippen LogP contribution in [0, 0.1) is 0 Å². The zero-order valence-corrected chi connectivity index (χ0v) is 18.7. The number of anilines is 1. The number of amides is 1. The van der Waals surface area contributed by atoms with E-state index in [0.717, 1.165) is 11.8 Å². The summed E-state index contributed by atoms with van der Waals surface area (Å²) in [5, 5.41) is 4.07. The van der Waals surface area contributed by atoms with Crippen LogP contribution in [0.5, 0.6) is 5.75 Å². The second-order valence-corrected chi connectivity index (χ2v) is 8.03. The average Bonchev–Trinajstić information content (AvgIpc) is 2.80. The zero-order valence-electron chi connectivity index (χ0n) is 17.1. The van der Waals surface area contributed by atoms with Crippen molar-refractivity contribution >= 4 is 46.0 Å². The Balaban J connectivity index is 1.70. The molecule has 9 heteroatoms. The van der Waals surface area contributed by atoms with Crippen molar-refractivity contribution in [2.24, 2.45) is 0 Å². The highest BCUT2D eigenvalue weighted by Gasteiger charge is 2.17. The molecule has 32 heavy (non-hydrogen) atoms. The van der Waals surface area contributed by atoms with Crippen LogP contribution in [0.2, 0.25) is 5.02 Å². The number of carbonyl (C=O) groups excluding carboxylic acids is 1. The quantitative estimate of drug-likeness (QED) is 0.317. The van der Waals surface area contributed by atoms with E-state index in [4.69, 9.17) is 16.3 Å². The minimum atomic E-state index is -0.281. The lowest BCUT2D eigenvalue weighted by Crippen LogP contribution is -2.23. The van der Waals surface area contributed by atoms with Crippen LogP contribution in [-0.4, -0.2) is 32.8 Å². The molecular weight excluding hydrogens is 448 g/mol. The number of aromatic nitrogens is 3. The third-order valence-corrected chi connectivity index (χ3v) is 5.64. The van der Waals surface area contributed by atoms with Crippen molar-refractivity contribution in [3.63, 3.8) is 0 Å². The third kappa shape index (κ3) is 4.76. The molecule has 1 amide bonds. The maximum absolute atomic E-state index is 13.4. The van der Waals surface area contributed by atoms with Crippen LogP contribution >= 0.6 is 23.4 Å². The minimum absolute atomic E-state index is 0.0336. The molecule has 0 atom stereocenters. The zero-order chi connectivity index (χ0) is 22.5. The van der Waals surface area contributed by atoms with E-state index in [2.05, 4.69) is 15.3 Å². The van der Waals surface area contributed by atoms with Gasteiger partial charge in [-0.3, -0.25) is 14.2 Å². The number of hydrogen-bond acceptors (Lipinski definition) is 6. The number of rotatable bonds is 7. The molecule has 4 rings (SSSR count). The third-order valence-electron chi connectivity index (χ3n) is 4.48. The van der Waals surface area contributed by atoms with Gasteiger partial charge in [0.1, 0.15) is 11.6 Å². The van der Waals surface area contributed by atoms with Crippen molar-refractivity contribution in [2.75, 3.05) is 17.7 Å². The molecule has 0 radical (unpaired) electrons. The van der Waals surface area contributed by atoms with Crippen LogP contribution in [0.1, 0.15) is 6.92 Å². The van der Waals surface area contributed by atoms with Gasteiger partial charge in [0.05, 0.1) is 34.0 Å². The van der Waals surface area contributed by atoms with Gasteiger partial charge in [-0.2, -0.15) is 0 Å². The van der Waals surface area contributed by atoms with E-state index in [1.807, 2.05) is 25.1 Å². The Morgan fingerprint density at radius 3 is 2.69 bits per heavy atom. The molecule has 2 heterocycles. The first-order valence-corrected chi connectivity index (χ1v) is 11.2. The van der Waals surface area contributed by atoms with Crippen molar-refractivity contribution in [2.45, 2.75) is 12.1 Å². The summed E-state index contributed by atoms with van der Waals surface area (Å²) in [6.45, 7) is 2.33. The number of halogens is 1. The lowest BCUT2D eigenvalue weighted by molar-refractivity contribution is -0.113. The second kappa shape index (κ2) is 9.84. The first-order valence-electron chi connectivity index (χ1n) is 9.85. The monoisotopic (exact) mass is 466 g/mol. The first kappa shape index (κ1) is 21.9. The topological polar surface area (TPSA) is 86.1 Å². The molecule has 0 aliphatic heterocycles. The molecule has 2 aromatic heterocycles. The molecule has 0 saturated heterocycles. The highest BCUT2D eigenvalue weighted by molar-refractivity contribution is 7.99. The van der Waals surface area contributed by atoms with Gasteiger partial charge in [0.15, 0.2) is 5.16 Å².